The lowest BCUT2D eigenvalue weighted by molar-refractivity contribution is -0.121. The molecule has 0 aliphatic carbocycles. The molecule has 0 aromatic heterocycles. The number of hydrogen-bond donors (Lipinski definition) is 0. The van der Waals surface area contributed by atoms with Crippen molar-refractivity contribution in [2.75, 3.05) is 19.1 Å². The van der Waals surface area contributed by atoms with Gasteiger partial charge in [-0.3, -0.25) is 9.69 Å². The molecule has 72 valence electrons. The van der Waals surface area contributed by atoms with Gasteiger partial charge in [0.05, 0.1) is 6.04 Å². The van der Waals surface area contributed by atoms with Gasteiger partial charge < -0.3 is 0 Å². The molecule has 2 atom stereocenters. The zero-order chi connectivity index (χ0) is 9.72. The highest BCUT2D eigenvalue weighted by Gasteiger charge is 2.18. The Balaban J connectivity index is 3.99. The zero-order valence-corrected chi connectivity index (χ0v) is 9.44. The Kier molecular flexibility index (Phi) is 5.59. The van der Waals surface area contributed by atoms with Crippen LogP contribution in [0.1, 0.15) is 20.8 Å². The van der Waals surface area contributed by atoms with E-state index < -0.39 is 0 Å². The van der Waals surface area contributed by atoms with Crippen LogP contribution in [0.3, 0.4) is 0 Å². The summed E-state index contributed by atoms with van der Waals surface area (Å²) in [6.07, 6.45) is 2.09. The summed E-state index contributed by atoms with van der Waals surface area (Å²) in [7, 11) is 2.01. The van der Waals surface area contributed by atoms with Crippen molar-refractivity contribution < 1.29 is 4.79 Å². The van der Waals surface area contributed by atoms with E-state index in [2.05, 4.69) is 18.1 Å². The first-order valence-corrected chi connectivity index (χ1v) is 5.61. The number of likely N-dealkylation sites (N-methyl/N-ethyl adjacent to an activating group) is 1. The van der Waals surface area contributed by atoms with Gasteiger partial charge in [-0.05, 0) is 34.1 Å². The largest absolute Gasteiger partial charge is 0.298 e. The smallest absolute Gasteiger partial charge is 0.146 e. The van der Waals surface area contributed by atoms with Gasteiger partial charge in [-0.25, -0.2) is 0 Å². The van der Waals surface area contributed by atoms with E-state index in [1.807, 2.05) is 25.7 Å². The van der Waals surface area contributed by atoms with Crippen molar-refractivity contribution in [1.82, 2.24) is 4.90 Å². The van der Waals surface area contributed by atoms with Crippen LogP contribution < -0.4 is 0 Å². The normalized spacial score (nSPS) is 16.2. The molecule has 0 aromatic rings. The van der Waals surface area contributed by atoms with Crippen LogP contribution in [-0.2, 0) is 4.79 Å². The van der Waals surface area contributed by atoms with Gasteiger partial charge in [0, 0.05) is 11.8 Å². The van der Waals surface area contributed by atoms with Crippen molar-refractivity contribution in [2.45, 2.75) is 32.9 Å². The van der Waals surface area contributed by atoms with E-state index in [1.54, 1.807) is 6.92 Å². The van der Waals surface area contributed by atoms with Crippen LogP contribution in [0, 0.1) is 0 Å². The number of carbonyl (C=O) groups excluding carboxylic acids is 1. The molecule has 0 aliphatic rings. The minimum Gasteiger partial charge on any atom is -0.298 e. The van der Waals surface area contributed by atoms with Crippen molar-refractivity contribution >= 4 is 17.5 Å². The number of carbonyl (C=O) groups is 1. The molecule has 2 unspecified atom stereocenters. The second-order valence-corrected chi connectivity index (χ2v) is 4.17. The fraction of sp³-hybridized carbons (Fsp3) is 0.889. The Morgan fingerprint density at radius 3 is 2.33 bits per heavy atom. The molecule has 0 radical (unpaired) electrons. The predicted molar refractivity (Wildman–Crippen MR) is 55.8 cm³/mol. The number of ketones is 1. The summed E-state index contributed by atoms with van der Waals surface area (Å²) in [5, 5.41) is 0. The minimum absolute atomic E-state index is 0.0483. The molecule has 0 bridgehead atoms. The molecule has 0 heterocycles. The molecule has 0 saturated carbocycles. The Hall–Kier alpha value is -0.0200. The fourth-order valence-corrected chi connectivity index (χ4v) is 1.74. The maximum atomic E-state index is 11.0. The summed E-state index contributed by atoms with van der Waals surface area (Å²) in [4.78, 5) is 13.2. The van der Waals surface area contributed by atoms with Gasteiger partial charge in [0.1, 0.15) is 5.78 Å². The number of hydrogen-bond acceptors (Lipinski definition) is 3. The van der Waals surface area contributed by atoms with Crippen LogP contribution in [-0.4, -0.2) is 41.8 Å². The van der Waals surface area contributed by atoms with Gasteiger partial charge in [0.2, 0.25) is 0 Å². The van der Waals surface area contributed by atoms with Crippen molar-refractivity contribution in [3.63, 3.8) is 0 Å². The van der Waals surface area contributed by atoms with Crippen LogP contribution >= 0.6 is 11.8 Å². The number of nitrogens with zero attached hydrogens (tertiary/aromatic N) is 1. The molecular formula is C9H19NOS. The lowest BCUT2D eigenvalue weighted by atomic mass is 10.2. The van der Waals surface area contributed by atoms with Crippen molar-refractivity contribution in [1.29, 1.82) is 0 Å². The zero-order valence-electron chi connectivity index (χ0n) is 8.63. The van der Waals surface area contributed by atoms with Gasteiger partial charge >= 0.3 is 0 Å². The molecule has 0 aliphatic heterocycles. The average molecular weight is 189 g/mol. The third-order valence-corrected chi connectivity index (χ3v) is 3.12. The van der Waals surface area contributed by atoms with Gasteiger partial charge in [0.15, 0.2) is 0 Å². The van der Waals surface area contributed by atoms with E-state index >= 15 is 0 Å². The van der Waals surface area contributed by atoms with Crippen LogP contribution in [0.4, 0.5) is 0 Å². The fourth-order valence-electron chi connectivity index (χ4n) is 1.03. The second kappa shape index (κ2) is 5.60. The Morgan fingerprint density at radius 1 is 1.50 bits per heavy atom. The standard InChI is InChI=1S/C9H19NOS/c1-7(6-12-5)10(4)8(2)9(3)11/h7-8H,6H2,1-5H3. The summed E-state index contributed by atoms with van der Waals surface area (Å²) in [5.74, 6) is 1.32. The average Bonchev–Trinajstić information content (AvgIpc) is 2.02. The van der Waals surface area contributed by atoms with E-state index in [4.69, 9.17) is 0 Å². The first-order valence-electron chi connectivity index (χ1n) is 4.22. The summed E-state index contributed by atoms with van der Waals surface area (Å²) in [5.41, 5.74) is 0. The molecule has 0 amide bonds. The monoisotopic (exact) mass is 189 g/mol. The molecule has 0 aromatic carbocycles. The summed E-state index contributed by atoms with van der Waals surface area (Å²) < 4.78 is 0. The van der Waals surface area contributed by atoms with Crippen molar-refractivity contribution in [2.24, 2.45) is 0 Å². The molecule has 0 fully saturated rings. The third-order valence-electron chi connectivity index (χ3n) is 2.30. The molecule has 0 spiro atoms. The quantitative estimate of drug-likeness (QED) is 0.656. The van der Waals surface area contributed by atoms with Gasteiger partial charge in [-0.1, -0.05) is 0 Å². The first-order chi connectivity index (χ1) is 5.50. The first kappa shape index (κ1) is 12.0. The number of Topliss-reactive ketones (excluding diaryl/α,β-unsaturated/α-hetero) is 1. The van der Waals surface area contributed by atoms with E-state index in [0.717, 1.165) is 5.75 Å². The molecule has 0 rings (SSSR count). The Labute approximate surface area is 79.7 Å². The molecule has 2 nitrogen and oxygen atoms in total. The minimum atomic E-state index is 0.0483. The highest BCUT2D eigenvalue weighted by molar-refractivity contribution is 7.98. The lowest BCUT2D eigenvalue weighted by Crippen LogP contribution is -2.41. The van der Waals surface area contributed by atoms with E-state index in [1.165, 1.54) is 0 Å². The predicted octanol–water partition coefficient (Wildman–Crippen LogP) is 1.65. The SMILES string of the molecule is CSCC(C)N(C)C(C)C(C)=O. The topological polar surface area (TPSA) is 20.3 Å². The maximum absolute atomic E-state index is 11.0. The van der Waals surface area contributed by atoms with Gasteiger partial charge in [0.25, 0.3) is 0 Å². The second-order valence-electron chi connectivity index (χ2n) is 3.26. The molecule has 3 heteroatoms. The molecular weight excluding hydrogens is 170 g/mol. The third kappa shape index (κ3) is 3.59. The van der Waals surface area contributed by atoms with Crippen LogP contribution in [0.2, 0.25) is 0 Å². The number of rotatable bonds is 5. The van der Waals surface area contributed by atoms with E-state index in [9.17, 15) is 4.79 Å². The van der Waals surface area contributed by atoms with Gasteiger partial charge in [-0.2, -0.15) is 11.8 Å². The molecule has 0 saturated heterocycles. The van der Waals surface area contributed by atoms with Crippen molar-refractivity contribution in [3.8, 4) is 0 Å². The Morgan fingerprint density at radius 2 is 2.00 bits per heavy atom. The highest BCUT2D eigenvalue weighted by atomic mass is 32.2. The summed E-state index contributed by atoms with van der Waals surface area (Å²) in [6.45, 7) is 5.75. The Bertz CT molecular complexity index is 149. The highest BCUT2D eigenvalue weighted by Crippen LogP contribution is 2.07. The lowest BCUT2D eigenvalue weighted by Gasteiger charge is -2.28. The maximum Gasteiger partial charge on any atom is 0.146 e. The number of thioether (sulfide) groups is 1. The van der Waals surface area contributed by atoms with Gasteiger partial charge in [-0.15, -0.1) is 0 Å². The van der Waals surface area contributed by atoms with E-state index in [0.29, 0.717) is 6.04 Å². The van der Waals surface area contributed by atoms with E-state index in [-0.39, 0.29) is 11.8 Å². The van der Waals surface area contributed by atoms with Crippen molar-refractivity contribution in [3.05, 3.63) is 0 Å². The van der Waals surface area contributed by atoms with Crippen LogP contribution in [0.25, 0.3) is 0 Å². The van der Waals surface area contributed by atoms with Crippen LogP contribution in [0.5, 0.6) is 0 Å². The summed E-state index contributed by atoms with van der Waals surface area (Å²) in [6, 6.07) is 0.519. The molecule has 0 N–H and O–H groups in total. The molecule has 12 heavy (non-hydrogen) atoms. The summed E-state index contributed by atoms with van der Waals surface area (Å²) >= 11 is 1.81. The van der Waals surface area contributed by atoms with Crippen LogP contribution in [0.15, 0.2) is 0 Å².